The molecule has 2 rings (SSSR count). The molecule has 0 amide bonds. The van der Waals surface area contributed by atoms with Crippen molar-refractivity contribution in [2.45, 2.75) is 25.3 Å². The first-order valence-electron chi connectivity index (χ1n) is 6.50. The van der Waals surface area contributed by atoms with Crippen molar-refractivity contribution in [3.63, 3.8) is 0 Å². The average molecular weight is 261 g/mol. The maximum Gasteiger partial charge on any atom is 0.214 e. The molecule has 0 radical (unpaired) electrons. The molecule has 0 aromatic rings. The predicted molar refractivity (Wildman–Crippen MR) is 68.5 cm³/mol. The van der Waals surface area contributed by atoms with E-state index in [-0.39, 0.29) is 5.75 Å². The predicted octanol–water partition coefficient (Wildman–Crippen LogP) is -0.294. The quantitative estimate of drug-likeness (QED) is 0.667. The molecule has 0 aromatic heterocycles. The SMILES string of the molecule is CNCCCS(=O)(=O)N1CCN(C2CC2)CC1. The summed E-state index contributed by atoms with van der Waals surface area (Å²) < 4.78 is 25.7. The van der Waals surface area contributed by atoms with Crippen molar-refractivity contribution in [2.75, 3.05) is 45.5 Å². The third-order valence-corrected chi connectivity index (χ3v) is 5.52. The fourth-order valence-corrected chi connectivity index (χ4v) is 3.83. The van der Waals surface area contributed by atoms with Crippen LogP contribution in [0.2, 0.25) is 0 Å². The lowest BCUT2D eigenvalue weighted by Crippen LogP contribution is -2.49. The summed E-state index contributed by atoms with van der Waals surface area (Å²) in [5.74, 6) is 0.275. The Kier molecular flexibility index (Phi) is 4.41. The molecule has 2 fully saturated rings. The number of nitrogens with one attached hydrogen (secondary N) is 1. The Morgan fingerprint density at radius 3 is 2.35 bits per heavy atom. The second-order valence-corrected chi connectivity index (χ2v) is 7.03. The number of sulfonamides is 1. The van der Waals surface area contributed by atoms with Crippen LogP contribution in [-0.2, 0) is 10.0 Å². The molecule has 0 unspecified atom stereocenters. The van der Waals surface area contributed by atoms with Gasteiger partial charge in [0.1, 0.15) is 0 Å². The van der Waals surface area contributed by atoms with Crippen molar-refractivity contribution in [1.29, 1.82) is 0 Å². The summed E-state index contributed by atoms with van der Waals surface area (Å²) in [5.41, 5.74) is 0. The molecule has 1 aliphatic carbocycles. The Morgan fingerprint density at radius 2 is 1.82 bits per heavy atom. The van der Waals surface area contributed by atoms with Crippen molar-refractivity contribution >= 4 is 10.0 Å². The van der Waals surface area contributed by atoms with Crippen LogP contribution >= 0.6 is 0 Å². The average Bonchev–Trinajstić information content (AvgIpc) is 3.13. The van der Waals surface area contributed by atoms with E-state index in [9.17, 15) is 8.42 Å². The minimum absolute atomic E-state index is 0.275. The number of hydrogen-bond acceptors (Lipinski definition) is 4. The maximum atomic E-state index is 12.0. The van der Waals surface area contributed by atoms with E-state index >= 15 is 0 Å². The van der Waals surface area contributed by atoms with Crippen molar-refractivity contribution in [1.82, 2.24) is 14.5 Å². The van der Waals surface area contributed by atoms with E-state index in [0.29, 0.717) is 19.5 Å². The molecule has 6 heteroatoms. The van der Waals surface area contributed by atoms with Gasteiger partial charge in [-0.15, -0.1) is 0 Å². The lowest BCUT2D eigenvalue weighted by atomic mass is 10.3. The Labute approximate surface area is 104 Å². The van der Waals surface area contributed by atoms with Gasteiger partial charge in [0.2, 0.25) is 10.0 Å². The molecule has 0 spiro atoms. The van der Waals surface area contributed by atoms with Crippen LogP contribution in [0.5, 0.6) is 0 Å². The van der Waals surface area contributed by atoms with Gasteiger partial charge in [-0.05, 0) is 32.9 Å². The van der Waals surface area contributed by atoms with Gasteiger partial charge < -0.3 is 5.32 Å². The molecule has 1 heterocycles. The molecule has 2 aliphatic rings. The molecule has 17 heavy (non-hydrogen) atoms. The van der Waals surface area contributed by atoms with Gasteiger partial charge in [0.05, 0.1) is 5.75 Å². The van der Waals surface area contributed by atoms with Crippen molar-refractivity contribution < 1.29 is 8.42 Å². The van der Waals surface area contributed by atoms with E-state index in [1.165, 1.54) is 12.8 Å². The Hall–Kier alpha value is -0.170. The summed E-state index contributed by atoms with van der Waals surface area (Å²) in [7, 11) is -1.17. The molecule has 5 nitrogen and oxygen atoms in total. The van der Waals surface area contributed by atoms with E-state index in [4.69, 9.17) is 0 Å². The van der Waals surface area contributed by atoms with Crippen LogP contribution < -0.4 is 5.32 Å². The number of rotatable bonds is 6. The molecular formula is C11H23N3O2S. The summed E-state index contributed by atoms with van der Waals surface area (Å²) in [4.78, 5) is 2.43. The smallest absolute Gasteiger partial charge is 0.214 e. The van der Waals surface area contributed by atoms with Crippen molar-refractivity contribution in [2.24, 2.45) is 0 Å². The Balaban J connectivity index is 1.77. The molecule has 1 N–H and O–H groups in total. The molecule has 0 aromatic carbocycles. The van der Waals surface area contributed by atoms with Gasteiger partial charge >= 0.3 is 0 Å². The maximum absolute atomic E-state index is 12.0. The minimum atomic E-state index is -3.02. The van der Waals surface area contributed by atoms with Gasteiger partial charge in [0.25, 0.3) is 0 Å². The second kappa shape index (κ2) is 5.65. The molecule has 0 atom stereocenters. The summed E-state index contributed by atoms with van der Waals surface area (Å²) in [6.45, 7) is 3.95. The molecular weight excluding hydrogens is 238 g/mol. The Morgan fingerprint density at radius 1 is 1.18 bits per heavy atom. The first-order chi connectivity index (χ1) is 8.13. The van der Waals surface area contributed by atoms with Gasteiger partial charge in [-0.1, -0.05) is 0 Å². The fourth-order valence-electron chi connectivity index (χ4n) is 2.35. The number of hydrogen-bond donors (Lipinski definition) is 1. The fraction of sp³-hybridized carbons (Fsp3) is 1.00. The largest absolute Gasteiger partial charge is 0.320 e. The highest BCUT2D eigenvalue weighted by Gasteiger charge is 2.33. The molecule has 1 saturated carbocycles. The van der Waals surface area contributed by atoms with E-state index in [1.54, 1.807) is 4.31 Å². The van der Waals surface area contributed by atoms with E-state index in [0.717, 1.165) is 25.7 Å². The first-order valence-corrected chi connectivity index (χ1v) is 8.11. The van der Waals surface area contributed by atoms with Gasteiger partial charge in [-0.2, -0.15) is 4.31 Å². The van der Waals surface area contributed by atoms with Crippen molar-refractivity contribution in [3.05, 3.63) is 0 Å². The third-order valence-electron chi connectivity index (χ3n) is 3.56. The van der Waals surface area contributed by atoms with Crippen LogP contribution in [0.3, 0.4) is 0 Å². The third kappa shape index (κ3) is 3.64. The molecule has 100 valence electrons. The van der Waals surface area contributed by atoms with Crippen molar-refractivity contribution in [3.8, 4) is 0 Å². The van der Waals surface area contributed by atoms with Gasteiger partial charge in [-0.3, -0.25) is 4.90 Å². The van der Waals surface area contributed by atoms with E-state index < -0.39 is 10.0 Å². The monoisotopic (exact) mass is 261 g/mol. The van der Waals surface area contributed by atoms with Gasteiger partial charge in [0, 0.05) is 32.2 Å². The van der Waals surface area contributed by atoms with E-state index in [1.807, 2.05) is 7.05 Å². The zero-order valence-electron chi connectivity index (χ0n) is 10.6. The van der Waals surface area contributed by atoms with Gasteiger partial charge in [0.15, 0.2) is 0 Å². The lowest BCUT2D eigenvalue weighted by molar-refractivity contribution is 0.180. The first kappa shape index (κ1) is 13.3. The number of piperazine rings is 1. The molecule has 0 bridgehead atoms. The summed E-state index contributed by atoms with van der Waals surface area (Å²) in [5, 5.41) is 2.98. The van der Waals surface area contributed by atoms with E-state index in [2.05, 4.69) is 10.2 Å². The normalized spacial score (nSPS) is 24.1. The highest BCUT2D eigenvalue weighted by Crippen LogP contribution is 2.27. The van der Waals surface area contributed by atoms with Crippen LogP contribution in [0.25, 0.3) is 0 Å². The van der Waals surface area contributed by atoms with Gasteiger partial charge in [-0.25, -0.2) is 8.42 Å². The summed E-state index contributed by atoms with van der Waals surface area (Å²) in [6.07, 6.45) is 3.30. The van der Waals surface area contributed by atoms with Crippen LogP contribution in [0.15, 0.2) is 0 Å². The number of nitrogens with zero attached hydrogens (tertiary/aromatic N) is 2. The summed E-state index contributed by atoms with van der Waals surface area (Å²) >= 11 is 0. The van der Waals surface area contributed by atoms with Crippen LogP contribution in [0.4, 0.5) is 0 Å². The highest BCUT2D eigenvalue weighted by atomic mass is 32.2. The lowest BCUT2D eigenvalue weighted by Gasteiger charge is -2.34. The second-order valence-electron chi connectivity index (χ2n) is 4.94. The Bertz CT molecular complexity index is 333. The molecule has 1 saturated heterocycles. The highest BCUT2D eigenvalue weighted by molar-refractivity contribution is 7.89. The van der Waals surface area contributed by atoms with Crippen LogP contribution in [0.1, 0.15) is 19.3 Å². The minimum Gasteiger partial charge on any atom is -0.320 e. The standard InChI is InChI=1S/C11H23N3O2S/c1-12-5-2-10-17(15,16)14-8-6-13(7-9-14)11-3-4-11/h11-12H,2-10H2,1H3. The zero-order chi connectivity index (χ0) is 12.3. The van der Waals surface area contributed by atoms with Crippen LogP contribution in [0, 0.1) is 0 Å². The molecule has 1 aliphatic heterocycles. The zero-order valence-corrected chi connectivity index (χ0v) is 11.4. The topological polar surface area (TPSA) is 52.7 Å². The van der Waals surface area contributed by atoms with Crippen LogP contribution in [-0.4, -0.2) is 69.2 Å². The summed E-state index contributed by atoms with van der Waals surface area (Å²) in [6, 6.07) is 0.754.